The number of carbonyl (C=O) groups is 1. The molecule has 2 rings (SSSR count). The fraction of sp³-hybridized carbons (Fsp3) is 0.615. The van der Waals surface area contributed by atoms with Gasteiger partial charge in [0.2, 0.25) is 5.78 Å². The van der Waals surface area contributed by atoms with Gasteiger partial charge in [0.15, 0.2) is 0 Å². The summed E-state index contributed by atoms with van der Waals surface area (Å²) in [6.07, 6.45) is 1.79. The Morgan fingerprint density at radius 3 is 2.38 bits per heavy atom. The topological polar surface area (TPSA) is 42.1 Å². The maximum Gasteiger partial charge on any atom is 0.207 e. The predicted molar refractivity (Wildman–Crippen MR) is 62.9 cm³/mol. The van der Waals surface area contributed by atoms with Gasteiger partial charge in [-0.25, -0.2) is 0 Å². The molecule has 1 aromatic heterocycles. The van der Waals surface area contributed by atoms with Gasteiger partial charge in [0, 0.05) is 5.69 Å². The SMILES string of the molecule is Cc1[nH]c(C(=O)C2CCC(C)O2)c(C)c1C. The third-order valence-electron chi connectivity index (χ3n) is 3.58. The second-order valence-electron chi connectivity index (χ2n) is 4.75. The van der Waals surface area contributed by atoms with Crippen LogP contribution in [0.2, 0.25) is 0 Å². The van der Waals surface area contributed by atoms with Gasteiger partial charge in [0.1, 0.15) is 6.10 Å². The van der Waals surface area contributed by atoms with Crippen LogP contribution in [0.15, 0.2) is 0 Å². The Balaban J connectivity index is 2.24. The molecule has 2 heterocycles. The number of ether oxygens (including phenoxy) is 1. The zero-order valence-electron chi connectivity index (χ0n) is 10.4. The Hall–Kier alpha value is -1.09. The Morgan fingerprint density at radius 1 is 1.25 bits per heavy atom. The molecule has 0 amide bonds. The molecular formula is C13H19NO2. The molecule has 0 saturated carbocycles. The Morgan fingerprint density at radius 2 is 1.94 bits per heavy atom. The molecule has 0 bridgehead atoms. The predicted octanol–water partition coefficient (Wildman–Crippen LogP) is 2.69. The van der Waals surface area contributed by atoms with E-state index >= 15 is 0 Å². The molecule has 2 atom stereocenters. The van der Waals surface area contributed by atoms with Gasteiger partial charge >= 0.3 is 0 Å². The van der Waals surface area contributed by atoms with Crippen molar-refractivity contribution in [2.75, 3.05) is 0 Å². The second kappa shape index (κ2) is 4.06. The lowest BCUT2D eigenvalue weighted by atomic mass is 10.0. The Labute approximate surface area is 96.2 Å². The maximum absolute atomic E-state index is 12.2. The number of aryl methyl sites for hydroxylation is 1. The van der Waals surface area contributed by atoms with E-state index in [-0.39, 0.29) is 18.0 Å². The summed E-state index contributed by atoms with van der Waals surface area (Å²) in [5.41, 5.74) is 4.04. The molecule has 2 unspecified atom stereocenters. The normalized spacial score (nSPS) is 25.0. The number of H-pyrrole nitrogens is 1. The summed E-state index contributed by atoms with van der Waals surface area (Å²) in [7, 11) is 0. The number of hydrogen-bond donors (Lipinski definition) is 1. The zero-order chi connectivity index (χ0) is 11.9. The van der Waals surface area contributed by atoms with E-state index in [1.165, 1.54) is 5.56 Å². The Bertz CT molecular complexity index is 420. The molecule has 0 aromatic carbocycles. The number of aromatic amines is 1. The number of aromatic nitrogens is 1. The fourth-order valence-electron chi connectivity index (χ4n) is 2.25. The van der Waals surface area contributed by atoms with Crippen LogP contribution in [-0.2, 0) is 4.74 Å². The molecule has 1 aliphatic heterocycles. The maximum atomic E-state index is 12.2. The lowest BCUT2D eigenvalue weighted by Crippen LogP contribution is -2.21. The average Bonchev–Trinajstić information content (AvgIpc) is 2.78. The lowest BCUT2D eigenvalue weighted by Gasteiger charge is -2.09. The molecule has 88 valence electrons. The van der Waals surface area contributed by atoms with Crippen molar-refractivity contribution in [2.24, 2.45) is 0 Å². The largest absolute Gasteiger partial charge is 0.367 e. The summed E-state index contributed by atoms with van der Waals surface area (Å²) in [5.74, 6) is 0.109. The van der Waals surface area contributed by atoms with Crippen molar-refractivity contribution < 1.29 is 9.53 Å². The summed E-state index contributed by atoms with van der Waals surface area (Å²) >= 11 is 0. The standard InChI is InChI=1S/C13H19NO2/c1-7-5-6-11(16-7)13(15)12-9(3)8(2)10(4)14-12/h7,11,14H,5-6H2,1-4H3. The number of ketones is 1. The minimum atomic E-state index is -0.244. The van der Waals surface area contributed by atoms with Crippen molar-refractivity contribution >= 4 is 5.78 Å². The van der Waals surface area contributed by atoms with Crippen LogP contribution in [0.3, 0.4) is 0 Å². The third kappa shape index (κ3) is 1.80. The molecule has 0 radical (unpaired) electrons. The van der Waals surface area contributed by atoms with Crippen molar-refractivity contribution in [3.05, 3.63) is 22.5 Å². The highest BCUT2D eigenvalue weighted by Gasteiger charge is 2.30. The molecule has 0 aliphatic carbocycles. The number of rotatable bonds is 2. The minimum Gasteiger partial charge on any atom is -0.367 e. The van der Waals surface area contributed by atoms with Gasteiger partial charge in [-0.15, -0.1) is 0 Å². The number of nitrogens with one attached hydrogen (secondary N) is 1. The van der Waals surface area contributed by atoms with E-state index in [1.54, 1.807) is 0 Å². The quantitative estimate of drug-likeness (QED) is 0.780. The Kier molecular flexibility index (Phi) is 2.89. The van der Waals surface area contributed by atoms with Crippen LogP contribution in [0.4, 0.5) is 0 Å². The molecule has 1 aliphatic rings. The van der Waals surface area contributed by atoms with E-state index in [0.717, 1.165) is 29.8 Å². The monoisotopic (exact) mass is 221 g/mol. The van der Waals surface area contributed by atoms with E-state index in [4.69, 9.17) is 4.74 Å². The first-order chi connectivity index (χ1) is 7.50. The number of hydrogen-bond acceptors (Lipinski definition) is 2. The molecular weight excluding hydrogens is 202 g/mol. The highest BCUT2D eigenvalue weighted by molar-refractivity contribution is 5.99. The third-order valence-corrected chi connectivity index (χ3v) is 3.58. The molecule has 1 fully saturated rings. The summed E-state index contributed by atoms with van der Waals surface area (Å²) in [4.78, 5) is 15.4. The molecule has 1 saturated heterocycles. The van der Waals surface area contributed by atoms with Gasteiger partial charge in [-0.05, 0) is 51.7 Å². The molecule has 16 heavy (non-hydrogen) atoms. The van der Waals surface area contributed by atoms with Crippen LogP contribution in [0.5, 0.6) is 0 Å². The van der Waals surface area contributed by atoms with Gasteiger partial charge in [0.05, 0.1) is 11.8 Å². The average molecular weight is 221 g/mol. The van der Waals surface area contributed by atoms with E-state index < -0.39 is 0 Å². The van der Waals surface area contributed by atoms with Crippen LogP contribution in [0, 0.1) is 20.8 Å². The van der Waals surface area contributed by atoms with Crippen molar-refractivity contribution in [1.29, 1.82) is 0 Å². The summed E-state index contributed by atoms with van der Waals surface area (Å²) in [6.45, 7) is 8.04. The highest BCUT2D eigenvalue weighted by Crippen LogP contribution is 2.25. The zero-order valence-corrected chi connectivity index (χ0v) is 10.4. The van der Waals surface area contributed by atoms with Gasteiger partial charge in [0.25, 0.3) is 0 Å². The van der Waals surface area contributed by atoms with E-state index in [1.807, 2.05) is 27.7 Å². The van der Waals surface area contributed by atoms with Crippen molar-refractivity contribution in [3.63, 3.8) is 0 Å². The van der Waals surface area contributed by atoms with Crippen molar-refractivity contribution in [3.8, 4) is 0 Å². The van der Waals surface area contributed by atoms with Gasteiger partial charge in [-0.2, -0.15) is 0 Å². The number of carbonyl (C=O) groups excluding carboxylic acids is 1. The van der Waals surface area contributed by atoms with Crippen LogP contribution < -0.4 is 0 Å². The van der Waals surface area contributed by atoms with E-state index in [0.29, 0.717) is 0 Å². The summed E-state index contributed by atoms with van der Waals surface area (Å²) < 4.78 is 5.61. The van der Waals surface area contributed by atoms with Crippen LogP contribution in [0.1, 0.15) is 47.1 Å². The molecule has 3 nitrogen and oxygen atoms in total. The molecule has 1 aromatic rings. The first-order valence-electron chi connectivity index (χ1n) is 5.86. The van der Waals surface area contributed by atoms with Crippen LogP contribution >= 0.6 is 0 Å². The summed E-state index contributed by atoms with van der Waals surface area (Å²) in [5, 5.41) is 0. The highest BCUT2D eigenvalue weighted by atomic mass is 16.5. The number of Topliss-reactive ketones (excluding diaryl/α,β-unsaturated/α-hetero) is 1. The fourth-order valence-corrected chi connectivity index (χ4v) is 2.25. The lowest BCUT2D eigenvalue weighted by molar-refractivity contribution is 0.0429. The second-order valence-corrected chi connectivity index (χ2v) is 4.75. The summed E-state index contributed by atoms with van der Waals surface area (Å²) in [6, 6.07) is 0. The first kappa shape index (κ1) is 11.4. The molecule has 0 spiro atoms. The van der Waals surface area contributed by atoms with Crippen LogP contribution in [-0.4, -0.2) is 23.0 Å². The van der Waals surface area contributed by atoms with Crippen LogP contribution in [0.25, 0.3) is 0 Å². The first-order valence-corrected chi connectivity index (χ1v) is 5.86. The van der Waals surface area contributed by atoms with Gasteiger partial charge < -0.3 is 9.72 Å². The van der Waals surface area contributed by atoms with E-state index in [2.05, 4.69) is 4.98 Å². The molecule has 3 heteroatoms. The van der Waals surface area contributed by atoms with Gasteiger partial charge in [-0.1, -0.05) is 0 Å². The van der Waals surface area contributed by atoms with Crippen molar-refractivity contribution in [2.45, 2.75) is 52.7 Å². The minimum absolute atomic E-state index is 0.109. The smallest absolute Gasteiger partial charge is 0.207 e. The molecule has 1 N–H and O–H groups in total. The van der Waals surface area contributed by atoms with E-state index in [9.17, 15) is 4.79 Å². The van der Waals surface area contributed by atoms with Crippen molar-refractivity contribution in [1.82, 2.24) is 4.98 Å². The van der Waals surface area contributed by atoms with Gasteiger partial charge in [-0.3, -0.25) is 4.79 Å².